The second kappa shape index (κ2) is 9.44. The summed E-state index contributed by atoms with van der Waals surface area (Å²) in [5.41, 5.74) is 3.08. The predicted molar refractivity (Wildman–Crippen MR) is 122 cm³/mol. The third-order valence-corrected chi connectivity index (χ3v) is 5.76. The minimum absolute atomic E-state index is 0.0877. The molecule has 0 spiro atoms. The Morgan fingerprint density at radius 1 is 1.03 bits per heavy atom. The molecular weight excluding hydrogens is 408 g/mol. The number of hydrogen-bond donors (Lipinski definition) is 2. The standard InChI is InChI=1S/C25H30N2O5/c1-15-7-8-16(2)18(13-15)23(28)21-22(17-9-10-19(31-5)20(14-17)32-6)27(12-11-26(3)4)25(30)24(21)29/h7-10,13-14,22,28H,11-12H2,1-6H3/p+1/b23-21+/t22-/m0/s1. The first-order chi connectivity index (χ1) is 15.2. The van der Waals surface area contributed by atoms with E-state index in [0.717, 1.165) is 16.0 Å². The van der Waals surface area contributed by atoms with E-state index in [9.17, 15) is 14.7 Å². The van der Waals surface area contributed by atoms with Gasteiger partial charge in [-0.15, -0.1) is 0 Å². The lowest BCUT2D eigenvalue weighted by atomic mass is 9.93. The van der Waals surface area contributed by atoms with Crippen LogP contribution in [-0.4, -0.2) is 63.1 Å². The first-order valence-electron chi connectivity index (χ1n) is 10.6. The highest BCUT2D eigenvalue weighted by Gasteiger charge is 2.46. The normalized spacial score (nSPS) is 17.8. The molecule has 0 unspecified atom stereocenters. The molecule has 1 aliphatic rings. The number of aryl methyl sites for hydroxylation is 2. The lowest BCUT2D eigenvalue weighted by molar-refractivity contribution is -0.857. The van der Waals surface area contributed by atoms with Crippen LogP contribution in [0.15, 0.2) is 42.0 Å². The van der Waals surface area contributed by atoms with E-state index in [2.05, 4.69) is 0 Å². The molecule has 7 nitrogen and oxygen atoms in total. The molecular formula is C25H31N2O5+. The third kappa shape index (κ3) is 4.34. The highest BCUT2D eigenvalue weighted by molar-refractivity contribution is 6.46. The number of methoxy groups -OCH3 is 2. The predicted octanol–water partition coefficient (Wildman–Crippen LogP) is 1.89. The monoisotopic (exact) mass is 439 g/mol. The van der Waals surface area contributed by atoms with Crippen molar-refractivity contribution in [1.29, 1.82) is 0 Å². The van der Waals surface area contributed by atoms with E-state index < -0.39 is 17.7 Å². The van der Waals surface area contributed by atoms with E-state index >= 15 is 0 Å². The van der Waals surface area contributed by atoms with Crippen molar-refractivity contribution in [3.63, 3.8) is 0 Å². The van der Waals surface area contributed by atoms with Gasteiger partial charge in [0.15, 0.2) is 11.5 Å². The summed E-state index contributed by atoms with van der Waals surface area (Å²) < 4.78 is 10.8. The minimum atomic E-state index is -0.728. The van der Waals surface area contributed by atoms with Gasteiger partial charge < -0.3 is 24.4 Å². The molecule has 1 aliphatic heterocycles. The number of benzene rings is 2. The second-order valence-electron chi connectivity index (χ2n) is 8.38. The Morgan fingerprint density at radius 3 is 2.34 bits per heavy atom. The van der Waals surface area contributed by atoms with E-state index in [4.69, 9.17) is 9.47 Å². The summed E-state index contributed by atoms with van der Waals surface area (Å²) in [5, 5.41) is 11.3. The van der Waals surface area contributed by atoms with E-state index in [1.54, 1.807) is 25.3 Å². The summed E-state index contributed by atoms with van der Waals surface area (Å²) in [6.45, 7) is 4.81. The van der Waals surface area contributed by atoms with Crippen molar-refractivity contribution < 1.29 is 29.1 Å². The van der Waals surface area contributed by atoms with Gasteiger partial charge in [-0.25, -0.2) is 0 Å². The quantitative estimate of drug-likeness (QED) is 0.391. The van der Waals surface area contributed by atoms with Crippen LogP contribution in [0.25, 0.3) is 5.76 Å². The van der Waals surface area contributed by atoms with Crippen molar-refractivity contribution in [1.82, 2.24) is 4.90 Å². The van der Waals surface area contributed by atoms with Crippen LogP contribution in [0.2, 0.25) is 0 Å². The smallest absolute Gasteiger partial charge is 0.295 e. The molecule has 0 radical (unpaired) electrons. The van der Waals surface area contributed by atoms with Gasteiger partial charge in [-0.1, -0.05) is 23.8 Å². The Balaban J connectivity index is 2.23. The molecule has 2 aromatic rings. The molecule has 0 aromatic heterocycles. The zero-order valence-corrected chi connectivity index (χ0v) is 19.5. The number of aliphatic hydroxyl groups excluding tert-OH is 1. The van der Waals surface area contributed by atoms with Crippen molar-refractivity contribution in [3.05, 3.63) is 64.2 Å². The zero-order chi connectivity index (χ0) is 23.6. The van der Waals surface area contributed by atoms with Crippen molar-refractivity contribution in [2.24, 2.45) is 0 Å². The summed E-state index contributed by atoms with van der Waals surface area (Å²) in [6, 6.07) is 10.2. The van der Waals surface area contributed by atoms with Crippen LogP contribution in [0.1, 0.15) is 28.3 Å². The molecule has 3 rings (SSSR count). The summed E-state index contributed by atoms with van der Waals surface area (Å²) >= 11 is 0. The highest BCUT2D eigenvalue weighted by Crippen LogP contribution is 2.42. The molecule has 1 heterocycles. The molecule has 32 heavy (non-hydrogen) atoms. The lowest BCUT2D eigenvalue weighted by Gasteiger charge is -2.26. The molecule has 0 bridgehead atoms. The van der Waals surface area contributed by atoms with E-state index in [1.807, 2.05) is 46.1 Å². The number of quaternary nitrogens is 1. The van der Waals surface area contributed by atoms with Crippen molar-refractivity contribution in [3.8, 4) is 11.5 Å². The lowest BCUT2D eigenvalue weighted by Crippen LogP contribution is -3.06. The Morgan fingerprint density at radius 2 is 1.72 bits per heavy atom. The Bertz CT molecular complexity index is 1070. The maximum Gasteiger partial charge on any atom is 0.295 e. The van der Waals surface area contributed by atoms with E-state index in [-0.39, 0.29) is 11.3 Å². The number of carbonyl (C=O) groups is 2. The fourth-order valence-corrected chi connectivity index (χ4v) is 3.96. The molecule has 1 amide bonds. The Labute approximate surface area is 188 Å². The van der Waals surface area contributed by atoms with Crippen LogP contribution >= 0.6 is 0 Å². The van der Waals surface area contributed by atoms with E-state index in [0.29, 0.717) is 35.7 Å². The number of carbonyl (C=O) groups excluding carboxylic acids is 2. The maximum absolute atomic E-state index is 13.2. The molecule has 1 atom stereocenters. The van der Waals surface area contributed by atoms with Crippen LogP contribution in [0.3, 0.4) is 0 Å². The first kappa shape index (κ1) is 23.3. The first-order valence-corrected chi connectivity index (χ1v) is 10.6. The van der Waals surface area contributed by atoms with Crippen LogP contribution in [0, 0.1) is 13.8 Å². The minimum Gasteiger partial charge on any atom is -0.507 e. The average molecular weight is 440 g/mol. The van der Waals surface area contributed by atoms with Gasteiger partial charge in [-0.3, -0.25) is 9.59 Å². The van der Waals surface area contributed by atoms with Gasteiger partial charge in [0.1, 0.15) is 5.76 Å². The van der Waals surface area contributed by atoms with Gasteiger partial charge in [-0.05, 0) is 43.2 Å². The zero-order valence-electron chi connectivity index (χ0n) is 19.5. The van der Waals surface area contributed by atoms with Crippen molar-refractivity contribution in [2.75, 3.05) is 41.4 Å². The SMILES string of the molecule is COc1ccc([C@H]2/C(=C(\O)c3cc(C)ccc3C)C(=O)C(=O)N2CC[NH+](C)C)cc1OC. The number of nitrogens with one attached hydrogen (secondary N) is 1. The number of ketones is 1. The number of amides is 1. The van der Waals surface area contributed by atoms with Crippen LogP contribution in [-0.2, 0) is 9.59 Å². The van der Waals surface area contributed by atoms with Crippen molar-refractivity contribution >= 4 is 17.4 Å². The number of hydrogen-bond acceptors (Lipinski definition) is 5. The van der Waals surface area contributed by atoms with Crippen LogP contribution in [0.4, 0.5) is 0 Å². The number of likely N-dealkylation sites (N-methyl/N-ethyl adjacent to an activating group) is 1. The fraction of sp³-hybridized carbons (Fsp3) is 0.360. The number of aliphatic hydroxyl groups is 1. The molecule has 1 fully saturated rings. The van der Waals surface area contributed by atoms with Gasteiger partial charge in [0.2, 0.25) is 0 Å². The Hall–Kier alpha value is -3.32. The van der Waals surface area contributed by atoms with Gasteiger partial charge in [-0.2, -0.15) is 0 Å². The third-order valence-electron chi connectivity index (χ3n) is 5.76. The van der Waals surface area contributed by atoms with Gasteiger partial charge in [0.25, 0.3) is 11.7 Å². The topological polar surface area (TPSA) is 80.5 Å². The molecule has 2 N–H and O–H groups in total. The largest absolute Gasteiger partial charge is 0.507 e. The number of ether oxygens (including phenoxy) is 2. The van der Waals surface area contributed by atoms with Gasteiger partial charge >= 0.3 is 0 Å². The number of rotatable bonds is 7. The summed E-state index contributed by atoms with van der Waals surface area (Å²) in [5.74, 6) is -0.431. The molecule has 170 valence electrons. The average Bonchev–Trinajstić information content (AvgIpc) is 3.03. The maximum atomic E-state index is 13.2. The molecule has 7 heteroatoms. The van der Waals surface area contributed by atoms with Gasteiger partial charge in [0, 0.05) is 5.56 Å². The Kier molecular flexibility index (Phi) is 6.89. The van der Waals surface area contributed by atoms with Crippen molar-refractivity contribution in [2.45, 2.75) is 19.9 Å². The number of Topliss-reactive ketones (excluding diaryl/α,β-unsaturated/α-hetero) is 1. The summed E-state index contributed by atoms with van der Waals surface area (Å²) in [6.07, 6.45) is 0. The summed E-state index contributed by atoms with van der Waals surface area (Å²) in [7, 11) is 7.05. The second-order valence-corrected chi connectivity index (χ2v) is 8.38. The molecule has 2 aromatic carbocycles. The molecule has 0 aliphatic carbocycles. The number of likely N-dealkylation sites (tertiary alicyclic amines) is 1. The highest BCUT2D eigenvalue weighted by atomic mass is 16.5. The van der Waals surface area contributed by atoms with Crippen LogP contribution < -0.4 is 14.4 Å². The van der Waals surface area contributed by atoms with E-state index in [1.165, 1.54) is 12.0 Å². The summed E-state index contributed by atoms with van der Waals surface area (Å²) in [4.78, 5) is 28.9. The molecule has 1 saturated heterocycles. The molecule has 0 saturated carbocycles. The number of nitrogens with zero attached hydrogens (tertiary/aromatic N) is 1. The fourth-order valence-electron chi connectivity index (χ4n) is 3.96. The van der Waals surface area contributed by atoms with Gasteiger partial charge in [0.05, 0.1) is 53.0 Å². The van der Waals surface area contributed by atoms with Crippen LogP contribution in [0.5, 0.6) is 11.5 Å².